The van der Waals surface area contributed by atoms with Crippen LogP contribution in [0.5, 0.6) is 0 Å². The Morgan fingerprint density at radius 1 is 1.14 bits per heavy atom. The fraction of sp³-hybridized carbons (Fsp3) is 0.483. The summed E-state index contributed by atoms with van der Waals surface area (Å²) in [5.74, 6) is -3.21. The van der Waals surface area contributed by atoms with Gasteiger partial charge in [-0.05, 0) is 92.6 Å². The van der Waals surface area contributed by atoms with Crippen LogP contribution in [0, 0.1) is 20.8 Å². The molecule has 1 fully saturated rings. The van der Waals surface area contributed by atoms with Crippen molar-refractivity contribution in [2.24, 2.45) is 0 Å². The highest BCUT2D eigenvalue weighted by atomic mass is 35.5. The van der Waals surface area contributed by atoms with Crippen molar-refractivity contribution >= 4 is 17.6 Å². The molecule has 2 aliphatic heterocycles. The number of carboxylic acid groups (broad SMARTS) is 1. The molecular weight excluding hydrogens is 498 g/mol. The lowest BCUT2D eigenvalue weighted by atomic mass is 9.82. The van der Waals surface area contributed by atoms with E-state index in [1.165, 1.54) is 0 Å². The Morgan fingerprint density at radius 3 is 2.27 bits per heavy atom. The van der Waals surface area contributed by atoms with Gasteiger partial charge in [0.15, 0.2) is 6.10 Å². The maximum Gasteiger partial charge on any atom is 0.337 e. The molecule has 8 heteroatoms. The van der Waals surface area contributed by atoms with Crippen LogP contribution in [-0.4, -0.2) is 45.5 Å². The number of carbonyl (C=O) groups is 1. The zero-order valence-electron chi connectivity index (χ0n) is 22.3. The number of alkyl halides is 2. The summed E-state index contributed by atoms with van der Waals surface area (Å²) >= 11 is 6.25. The molecule has 0 aromatic heterocycles. The maximum atomic E-state index is 13.9. The fourth-order valence-electron chi connectivity index (χ4n) is 5.53. The molecule has 2 aliphatic rings. The van der Waals surface area contributed by atoms with Gasteiger partial charge in [-0.2, -0.15) is 0 Å². The number of aliphatic carboxylic acids is 1. The van der Waals surface area contributed by atoms with Gasteiger partial charge in [0.1, 0.15) is 0 Å². The normalized spacial score (nSPS) is 17.8. The largest absolute Gasteiger partial charge is 0.479 e. The number of benzene rings is 2. The third-order valence-corrected chi connectivity index (χ3v) is 7.57. The molecular formula is C29H35ClF2N2O3. The molecule has 0 spiro atoms. The Hall–Kier alpha value is -2.64. The molecule has 0 bridgehead atoms. The number of aryl methyl sites for hydroxylation is 1. The zero-order chi connectivity index (χ0) is 27.4. The second kappa shape index (κ2) is 9.59. The average molecular weight is 533 g/mol. The highest BCUT2D eigenvalue weighted by Gasteiger charge is 2.41. The molecule has 1 atom stereocenters. The average Bonchev–Trinajstić information content (AvgIpc) is 3.38. The van der Waals surface area contributed by atoms with E-state index in [0.29, 0.717) is 29.5 Å². The van der Waals surface area contributed by atoms with Gasteiger partial charge in [-0.3, -0.25) is 0 Å². The van der Waals surface area contributed by atoms with Crippen molar-refractivity contribution in [3.8, 4) is 11.1 Å². The first-order valence-corrected chi connectivity index (χ1v) is 12.9. The van der Waals surface area contributed by atoms with Crippen molar-refractivity contribution in [2.45, 2.75) is 78.7 Å². The minimum atomic E-state index is -2.72. The SMILES string of the molecule is C=C(N1Cc2c(C)c(-c3ccc(Cl)cc3C)c(C(OC(C)(C)C)C(=O)O)c(C)c2C1)N1CCC(F)(F)C1. The summed E-state index contributed by atoms with van der Waals surface area (Å²) in [6.45, 7) is 16.5. The minimum absolute atomic E-state index is 0.181. The molecule has 5 nitrogen and oxygen atoms in total. The smallest absolute Gasteiger partial charge is 0.337 e. The number of fused-ring (bicyclic) bond motifs is 1. The molecule has 0 amide bonds. The first-order chi connectivity index (χ1) is 17.1. The molecule has 200 valence electrons. The predicted octanol–water partition coefficient (Wildman–Crippen LogP) is 7.00. The quantitative estimate of drug-likeness (QED) is 0.434. The fourth-order valence-corrected chi connectivity index (χ4v) is 5.76. The molecule has 1 saturated heterocycles. The second-order valence-corrected chi connectivity index (χ2v) is 11.6. The summed E-state index contributed by atoms with van der Waals surface area (Å²) in [6.07, 6.45) is -1.37. The summed E-state index contributed by atoms with van der Waals surface area (Å²) in [5, 5.41) is 10.9. The molecule has 37 heavy (non-hydrogen) atoms. The molecule has 0 saturated carbocycles. The van der Waals surface area contributed by atoms with Gasteiger partial charge in [-0.15, -0.1) is 0 Å². The predicted molar refractivity (Wildman–Crippen MR) is 142 cm³/mol. The second-order valence-electron chi connectivity index (χ2n) is 11.2. The van der Waals surface area contributed by atoms with Gasteiger partial charge in [0, 0.05) is 36.6 Å². The third-order valence-electron chi connectivity index (χ3n) is 7.33. The summed E-state index contributed by atoms with van der Waals surface area (Å²) in [4.78, 5) is 16.3. The minimum Gasteiger partial charge on any atom is -0.479 e. The van der Waals surface area contributed by atoms with Crippen LogP contribution in [0.4, 0.5) is 8.78 Å². The monoisotopic (exact) mass is 532 g/mol. The first-order valence-electron chi connectivity index (χ1n) is 12.5. The van der Waals surface area contributed by atoms with Gasteiger partial charge >= 0.3 is 5.97 Å². The van der Waals surface area contributed by atoms with E-state index in [1.54, 1.807) is 11.0 Å². The molecule has 2 aromatic rings. The molecule has 1 N–H and O–H groups in total. The highest BCUT2D eigenvalue weighted by molar-refractivity contribution is 6.30. The van der Waals surface area contributed by atoms with Crippen molar-refractivity contribution in [3.05, 3.63) is 69.0 Å². The van der Waals surface area contributed by atoms with E-state index in [1.807, 2.05) is 58.6 Å². The van der Waals surface area contributed by atoms with Crippen molar-refractivity contribution < 1.29 is 23.4 Å². The number of ether oxygens (including phenoxy) is 1. The van der Waals surface area contributed by atoms with Crippen molar-refractivity contribution in [1.82, 2.24) is 9.80 Å². The Kier molecular flexibility index (Phi) is 7.10. The first kappa shape index (κ1) is 27.4. The molecule has 0 radical (unpaired) electrons. The van der Waals surface area contributed by atoms with Crippen LogP contribution >= 0.6 is 11.6 Å². The molecule has 0 aliphatic carbocycles. The van der Waals surface area contributed by atoms with Gasteiger partial charge in [0.05, 0.1) is 18.0 Å². The zero-order valence-corrected chi connectivity index (χ0v) is 23.1. The van der Waals surface area contributed by atoms with E-state index in [9.17, 15) is 18.7 Å². The van der Waals surface area contributed by atoms with Crippen LogP contribution in [0.25, 0.3) is 11.1 Å². The van der Waals surface area contributed by atoms with E-state index >= 15 is 0 Å². The van der Waals surface area contributed by atoms with Gasteiger partial charge in [-0.1, -0.05) is 24.2 Å². The molecule has 2 aromatic carbocycles. The number of nitrogens with zero attached hydrogens (tertiary/aromatic N) is 2. The molecule has 4 rings (SSSR count). The molecule has 2 heterocycles. The van der Waals surface area contributed by atoms with E-state index < -0.39 is 23.6 Å². The lowest BCUT2D eigenvalue weighted by Gasteiger charge is -2.30. The highest BCUT2D eigenvalue weighted by Crippen LogP contribution is 2.45. The number of rotatable bonds is 6. The lowest BCUT2D eigenvalue weighted by molar-refractivity contribution is -0.160. The standard InChI is InChI=1S/C29H35ClF2N2O3/c1-16-12-20(30)8-9-21(16)24-17(2)22-13-34(19(4)33-11-10-29(31,32)15-33)14-23(22)18(3)25(24)26(27(35)36)37-28(5,6)7/h8-9,12,26H,4,10-11,13-15H2,1-3,5-7H3,(H,35,36). The van der Waals surface area contributed by atoms with Gasteiger partial charge < -0.3 is 19.6 Å². The maximum absolute atomic E-state index is 13.9. The Balaban J connectivity index is 1.88. The number of halogens is 3. The van der Waals surface area contributed by atoms with Crippen LogP contribution < -0.4 is 0 Å². The Labute approximate surface area is 222 Å². The van der Waals surface area contributed by atoms with E-state index in [4.69, 9.17) is 16.3 Å². The summed E-state index contributed by atoms with van der Waals surface area (Å²) in [5.41, 5.74) is 6.41. The van der Waals surface area contributed by atoms with Crippen LogP contribution in [0.15, 0.2) is 30.6 Å². The Morgan fingerprint density at radius 2 is 1.76 bits per heavy atom. The van der Waals surface area contributed by atoms with Crippen LogP contribution in [0.2, 0.25) is 5.02 Å². The summed E-state index contributed by atoms with van der Waals surface area (Å²) < 4.78 is 34.0. The topological polar surface area (TPSA) is 53.0 Å². The van der Waals surface area contributed by atoms with Crippen molar-refractivity contribution in [2.75, 3.05) is 13.1 Å². The van der Waals surface area contributed by atoms with E-state index in [-0.39, 0.29) is 19.5 Å². The number of hydrogen-bond acceptors (Lipinski definition) is 4. The van der Waals surface area contributed by atoms with Crippen molar-refractivity contribution in [1.29, 1.82) is 0 Å². The Bertz CT molecular complexity index is 1270. The molecule has 1 unspecified atom stereocenters. The number of carboxylic acids is 1. The van der Waals surface area contributed by atoms with Crippen LogP contribution in [0.3, 0.4) is 0 Å². The lowest BCUT2D eigenvalue weighted by Crippen LogP contribution is -2.32. The van der Waals surface area contributed by atoms with E-state index in [0.717, 1.165) is 38.9 Å². The van der Waals surface area contributed by atoms with Crippen molar-refractivity contribution in [3.63, 3.8) is 0 Å². The van der Waals surface area contributed by atoms with Gasteiger partial charge in [0.2, 0.25) is 0 Å². The van der Waals surface area contributed by atoms with Crippen LogP contribution in [0.1, 0.15) is 66.7 Å². The van der Waals surface area contributed by atoms with Gasteiger partial charge in [-0.25, -0.2) is 13.6 Å². The number of hydrogen-bond donors (Lipinski definition) is 1. The number of likely N-dealkylation sites (tertiary alicyclic amines) is 1. The van der Waals surface area contributed by atoms with Gasteiger partial charge in [0.25, 0.3) is 5.92 Å². The van der Waals surface area contributed by atoms with E-state index in [2.05, 4.69) is 6.58 Å². The third kappa shape index (κ3) is 5.34. The summed E-state index contributed by atoms with van der Waals surface area (Å²) in [7, 11) is 0. The summed E-state index contributed by atoms with van der Waals surface area (Å²) in [6, 6.07) is 5.59. The van der Waals surface area contributed by atoms with Crippen LogP contribution in [-0.2, 0) is 22.6 Å².